The molecule has 0 spiro atoms. The standard InChI is InChI=1S/C18H14F3NO2/c1-12-6-8-14(9-7-12)16(23)11-10-13-4-2-3-5-15(13)22-17(24)18(19,20)21/h2-9,16,23H,1H3,(H,22,24). The van der Waals surface area contributed by atoms with Crippen molar-refractivity contribution in [2.75, 3.05) is 5.32 Å². The molecule has 0 aliphatic rings. The van der Waals surface area contributed by atoms with Crippen LogP contribution in [0.4, 0.5) is 18.9 Å². The Labute approximate surface area is 137 Å². The van der Waals surface area contributed by atoms with Gasteiger partial charge in [-0.1, -0.05) is 53.8 Å². The quantitative estimate of drug-likeness (QED) is 0.826. The predicted octanol–water partition coefficient (Wildman–Crippen LogP) is 3.58. The van der Waals surface area contributed by atoms with Crippen molar-refractivity contribution in [1.82, 2.24) is 0 Å². The van der Waals surface area contributed by atoms with Crippen molar-refractivity contribution >= 4 is 11.6 Å². The average Bonchev–Trinajstić information content (AvgIpc) is 2.53. The lowest BCUT2D eigenvalue weighted by Crippen LogP contribution is -2.30. The Morgan fingerprint density at radius 3 is 2.38 bits per heavy atom. The van der Waals surface area contributed by atoms with Gasteiger partial charge in [0.05, 0.1) is 5.69 Å². The zero-order valence-electron chi connectivity index (χ0n) is 12.7. The molecule has 2 aromatic carbocycles. The first-order valence-electron chi connectivity index (χ1n) is 7.01. The number of aryl methyl sites for hydroxylation is 1. The van der Waals surface area contributed by atoms with Crippen LogP contribution in [0.5, 0.6) is 0 Å². The molecule has 0 bridgehead atoms. The van der Waals surface area contributed by atoms with Crippen LogP contribution in [0.25, 0.3) is 0 Å². The number of carbonyl (C=O) groups excluding carboxylic acids is 1. The molecular weight excluding hydrogens is 319 g/mol. The number of aliphatic hydroxyl groups is 1. The molecule has 124 valence electrons. The summed E-state index contributed by atoms with van der Waals surface area (Å²) >= 11 is 0. The van der Waals surface area contributed by atoms with Gasteiger partial charge in [-0.15, -0.1) is 0 Å². The molecule has 3 nitrogen and oxygen atoms in total. The van der Waals surface area contributed by atoms with E-state index in [-0.39, 0.29) is 11.3 Å². The molecule has 1 unspecified atom stereocenters. The van der Waals surface area contributed by atoms with Crippen molar-refractivity contribution < 1.29 is 23.1 Å². The first kappa shape index (κ1) is 17.6. The molecule has 0 radical (unpaired) electrons. The number of benzene rings is 2. The maximum atomic E-state index is 12.3. The summed E-state index contributed by atoms with van der Waals surface area (Å²) in [6.45, 7) is 1.90. The molecular formula is C18H14F3NO2. The minimum absolute atomic E-state index is 0.0663. The van der Waals surface area contributed by atoms with Crippen molar-refractivity contribution in [3.05, 3.63) is 65.2 Å². The van der Waals surface area contributed by atoms with Crippen molar-refractivity contribution in [2.45, 2.75) is 19.2 Å². The van der Waals surface area contributed by atoms with Crippen molar-refractivity contribution in [3.63, 3.8) is 0 Å². The molecule has 1 amide bonds. The number of hydrogen-bond donors (Lipinski definition) is 2. The number of nitrogens with one attached hydrogen (secondary N) is 1. The zero-order chi connectivity index (χ0) is 17.7. The number of carbonyl (C=O) groups is 1. The summed E-state index contributed by atoms with van der Waals surface area (Å²) in [5.41, 5.74) is 1.72. The number of halogens is 3. The predicted molar refractivity (Wildman–Crippen MR) is 84.1 cm³/mol. The van der Waals surface area contributed by atoms with E-state index < -0.39 is 18.2 Å². The number of rotatable bonds is 2. The lowest BCUT2D eigenvalue weighted by atomic mass is 10.1. The summed E-state index contributed by atoms with van der Waals surface area (Å²) in [5.74, 6) is 3.09. The third-order valence-electron chi connectivity index (χ3n) is 3.17. The summed E-state index contributed by atoms with van der Waals surface area (Å²) in [5, 5.41) is 11.8. The van der Waals surface area contributed by atoms with E-state index in [0.29, 0.717) is 5.56 Å². The van der Waals surface area contributed by atoms with Crippen LogP contribution in [0.15, 0.2) is 48.5 Å². The van der Waals surface area contributed by atoms with Crippen molar-refractivity contribution in [1.29, 1.82) is 0 Å². The first-order chi connectivity index (χ1) is 11.3. The summed E-state index contributed by atoms with van der Waals surface area (Å²) in [6, 6.07) is 12.9. The van der Waals surface area contributed by atoms with E-state index in [0.717, 1.165) is 5.56 Å². The first-order valence-corrected chi connectivity index (χ1v) is 7.01. The fourth-order valence-corrected chi connectivity index (χ4v) is 1.87. The molecule has 2 N–H and O–H groups in total. The van der Waals surface area contributed by atoms with Gasteiger partial charge in [-0.25, -0.2) is 0 Å². The lowest BCUT2D eigenvalue weighted by molar-refractivity contribution is -0.167. The SMILES string of the molecule is Cc1ccc(C(O)C#Cc2ccccc2NC(=O)C(F)(F)F)cc1. The van der Waals surface area contributed by atoms with E-state index >= 15 is 0 Å². The van der Waals surface area contributed by atoms with E-state index in [2.05, 4.69) is 11.8 Å². The van der Waals surface area contributed by atoms with E-state index in [9.17, 15) is 23.1 Å². The highest BCUT2D eigenvalue weighted by molar-refractivity contribution is 5.96. The Kier molecular flexibility index (Phi) is 5.27. The van der Waals surface area contributed by atoms with Gasteiger partial charge in [0, 0.05) is 5.56 Å². The Balaban J connectivity index is 2.22. The Bertz CT molecular complexity index is 786. The number of hydrogen-bond acceptors (Lipinski definition) is 2. The number of anilines is 1. The highest BCUT2D eigenvalue weighted by atomic mass is 19.4. The molecule has 0 aliphatic heterocycles. The molecule has 0 fully saturated rings. The minimum Gasteiger partial charge on any atom is -0.376 e. The highest BCUT2D eigenvalue weighted by Gasteiger charge is 2.38. The van der Waals surface area contributed by atoms with E-state index in [4.69, 9.17) is 0 Å². The van der Waals surface area contributed by atoms with Gasteiger partial charge in [0.2, 0.25) is 0 Å². The summed E-state index contributed by atoms with van der Waals surface area (Å²) in [4.78, 5) is 11.0. The third kappa shape index (κ3) is 4.61. The third-order valence-corrected chi connectivity index (χ3v) is 3.17. The van der Waals surface area contributed by atoms with Gasteiger partial charge in [0.25, 0.3) is 0 Å². The topological polar surface area (TPSA) is 49.3 Å². The fourth-order valence-electron chi connectivity index (χ4n) is 1.87. The van der Waals surface area contributed by atoms with E-state index in [1.807, 2.05) is 19.1 Å². The van der Waals surface area contributed by atoms with Crippen LogP contribution in [-0.2, 0) is 4.79 Å². The molecule has 0 aromatic heterocycles. The van der Waals surface area contributed by atoms with Crippen LogP contribution in [0.2, 0.25) is 0 Å². The van der Waals surface area contributed by atoms with Gasteiger partial charge >= 0.3 is 12.1 Å². The molecule has 0 saturated carbocycles. The van der Waals surface area contributed by atoms with Crippen LogP contribution < -0.4 is 5.32 Å². The Morgan fingerprint density at radius 1 is 1.12 bits per heavy atom. The maximum Gasteiger partial charge on any atom is 0.471 e. The summed E-state index contributed by atoms with van der Waals surface area (Å²) < 4.78 is 37.0. The zero-order valence-corrected chi connectivity index (χ0v) is 12.7. The normalized spacial score (nSPS) is 12.0. The van der Waals surface area contributed by atoms with E-state index in [1.54, 1.807) is 23.5 Å². The van der Waals surface area contributed by atoms with Crippen molar-refractivity contribution in [2.24, 2.45) is 0 Å². The van der Waals surface area contributed by atoms with Gasteiger partial charge in [0.1, 0.15) is 6.10 Å². The second-order valence-electron chi connectivity index (χ2n) is 5.08. The number of alkyl halides is 3. The van der Waals surface area contributed by atoms with Gasteiger partial charge in [0.15, 0.2) is 0 Å². The van der Waals surface area contributed by atoms with Crippen LogP contribution in [-0.4, -0.2) is 17.2 Å². The van der Waals surface area contributed by atoms with Crippen LogP contribution >= 0.6 is 0 Å². The average molecular weight is 333 g/mol. The highest BCUT2D eigenvalue weighted by Crippen LogP contribution is 2.21. The molecule has 24 heavy (non-hydrogen) atoms. The Morgan fingerprint density at radius 2 is 1.75 bits per heavy atom. The fraction of sp³-hybridized carbons (Fsp3) is 0.167. The maximum absolute atomic E-state index is 12.3. The number of para-hydroxylation sites is 1. The molecule has 0 aliphatic carbocycles. The smallest absolute Gasteiger partial charge is 0.376 e. The van der Waals surface area contributed by atoms with Crippen LogP contribution in [0.3, 0.4) is 0 Å². The van der Waals surface area contributed by atoms with Gasteiger partial charge in [-0.2, -0.15) is 13.2 Å². The lowest BCUT2D eigenvalue weighted by Gasteiger charge is -2.09. The van der Waals surface area contributed by atoms with Gasteiger partial charge < -0.3 is 10.4 Å². The van der Waals surface area contributed by atoms with Gasteiger partial charge in [-0.3, -0.25) is 4.79 Å². The van der Waals surface area contributed by atoms with Crippen LogP contribution in [0.1, 0.15) is 22.8 Å². The largest absolute Gasteiger partial charge is 0.471 e. The molecule has 2 aromatic rings. The summed E-state index contributed by atoms with van der Waals surface area (Å²) in [7, 11) is 0. The second-order valence-corrected chi connectivity index (χ2v) is 5.08. The van der Waals surface area contributed by atoms with Gasteiger partial charge in [-0.05, 0) is 24.6 Å². The number of aliphatic hydroxyl groups excluding tert-OH is 1. The minimum atomic E-state index is -4.98. The van der Waals surface area contributed by atoms with Crippen molar-refractivity contribution in [3.8, 4) is 11.8 Å². The molecule has 1 atom stereocenters. The number of amides is 1. The molecule has 0 saturated heterocycles. The van der Waals surface area contributed by atoms with Crippen LogP contribution in [0, 0.1) is 18.8 Å². The molecule has 2 rings (SSSR count). The second kappa shape index (κ2) is 7.20. The Hall–Kier alpha value is -2.78. The van der Waals surface area contributed by atoms with E-state index in [1.165, 1.54) is 18.2 Å². The summed E-state index contributed by atoms with van der Waals surface area (Å²) in [6.07, 6.45) is -6.07. The monoisotopic (exact) mass is 333 g/mol. The molecule has 0 heterocycles. The molecule has 6 heteroatoms.